The van der Waals surface area contributed by atoms with E-state index in [1.165, 1.54) is 6.07 Å². The van der Waals surface area contributed by atoms with Gasteiger partial charge in [-0.2, -0.15) is 0 Å². The molecule has 25 heavy (non-hydrogen) atoms. The standard InChI is InChI=1S/C18H19Cl3N2O2/c1-11(23(2)10-12-5-4-6-13(7-12)25-3)18(24)22-17-9-15(20)14(19)8-16(17)21/h4-9,11H,10H2,1-3H3,(H,22,24). The summed E-state index contributed by atoms with van der Waals surface area (Å²) in [6.45, 7) is 2.42. The fraction of sp³-hybridized carbons (Fsp3) is 0.278. The summed E-state index contributed by atoms with van der Waals surface area (Å²) in [5, 5.41) is 3.80. The van der Waals surface area contributed by atoms with Crippen LogP contribution in [0.25, 0.3) is 0 Å². The molecule has 1 atom stereocenters. The summed E-state index contributed by atoms with van der Waals surface area (Å²) in [6, 6.07) is 10.4. The highest BCUT2D eigenvalue weighted by Crippen LogP contribution is 2.32. The number of amides is 1. The van der Waals surface area contributed by atoms with Gasteiger partial charge in [0.2, 0.25) is 5.91 Å². The molecule has 0 saturated heterocycles. The highest BCUT2D eigenvalue weighted by atomic mass is 35.5. The summed E-state index contributed by atoms with van der Waals surface area (Å²) in [5.74, 6) is 0.594. The summed E-state index contributed by atoms with van der Waals surface area (Å²) >= 11 is 18.0. The number of nitrogens with zero attached hydrogens (tertiary/aromatic N) is 1. The average molecular weight is 402 g/mol. The number of hydrogen-bond acceptors (Lipinski definition) is 3. The molecule has 0 fully saturated rings. The van der Waals surface area contributed by atoms with Crippen LogP contribution in [-0.4, -0.2) is 31.0 Å². The number of methoxy groups -OCH3 is 1. The third-order valence-corrected chi connectivity index (χ3v) is 4.91. The van der Waals surface area contributed by atoms with E-state index in [0.717, 1.165) is 11.3 Å². The number of likely N-dealkylation sites (N-methyl/N-ethyl adjacent to an activating group) is 1. The van der Waals surface area contributed by atoms with E-state index in [1.807, 2.05) is 43.1 Å². The lowest BCUT2D eigenvalue weighted by Gasteiger charge is -2.24. The maximum atomic E-state index is 12.5. The Bertz CT molecular complexity index is 768. The van der Waals surface area contributed by atoms with Gasteiger partial charge in [-0.25, -0.2) is 0 Å². The highest BCUT2D eigenvalue weighted by Gasteiger charge is 2.20. The van der Waals surface area contributed by atoms with Crippen molar-refractivity contribution < 1.29 is 9.53 Å². The Labute approximate surface area is 162 Å². The Morgan fingerprint density at radius 2 is 1.84 bits per heavy atom. The first-order valence-corrected chi connectivity index (χ1v) is 8.73. The van der Waals surface area contributed by atoms with Gasteiger partial charge >= 0.3 is 0 Å². The Morgan fingerprint density at radius 3 is 2.52 bits per heavy atom. The molecular formula is C18H19Cl3N2O2. The Hall–Kier alpha value is -1.46. The lowest BCUT2D eigenvalue weighted by molar-refractivity contribution is -0.120. The molecule has 1 unspecified atom stereocenters. The summed E-state index contributed by atoms with van der Waals surface area (Å²) in [5.41, 5.74) is 1.48. The van der Waals surface area contributed by atoms with Crippen LogP contribution in [0.1, 0.15) is 12.5 Å². The normalized spacial score (nSPS) is 12.1. The molecule has 2 aromatic rings. The molecule has 134 valence electrons. The zero-order valence-electron chi connectivity index (χ0n) is 14.1. The molecule has 0 aliphatic rings. The summed E-state index contributed by atoms with van der Waals surface area (Å²) in [6.07, 6.45) is 0. The van der Waals surface area contributed by atoms with Gasteiger partial charge in [-0.05, 0) is 43.8 Å². The topological polar surface area (TPSA) is 41.6 Å². The van der Waals surface area contributed by atoms with Crippen molar-refractivity contribution in [2.24, 2.45) is 0 Å². The molecule has 0 spiro atoms. The summed E-state index contributed by atoms with van der Waals surface area (Å²) < 4.78 is 5.22. The maximum absolute atomic E-state index is 12.5. The number of carbonyl (C=O) groups excluding carboxylic acids is 1. The second-order valence-corrected chi connectivity index (χ2v) is 6.90. The molecule has 1 amide bonds. The van der Waals surface area contributed by atoms with Gasteiger partial charge in [0.1, 0.15) is 5.75 Å². The van der Waals surface area contributed by atoms with Crippen molar-refractivity contribution in [2.45, 2.75) is 19.5 Å². The second kappa shape index (κ2) is 8.77. The van der Waals surface area contributed by atoms with Gasteiger partial charge in [-0.3, -0.25) is 9.69 Å². The largest absolute Gasteiger partial charge is 0.497 e. The minimum atomic E-state index is -0.378. The lowest BCUT2D eigenvalue weighted by Crippen LogP contribution is -2.39. The molecule has 0 aliphatic carbocycles. The molecule has 0 bridgehead atoms. The average Bonchev–Trinajstić information content (AvgIpc) is 2.59. The van der Waals surface area contributed by atoms with Crippen LogP contribution in [-0.2, 0) is 11.3 Å². The van der Waals surface area contributed by atoms with Gasteiger partial charge in [-0.15, -0.1) is 0 Å². The van der Waals surface area contributed by atoms with Crippen LogP contribution in [0.5, 0.6) is 5.75 Å². The molecule has 2 rings (SSSR count). The fourth-order valence-electron chi connectivity index (χ4n) is 2.25. The molecule has 0 radical (unpaired) electrons. The summed E-state index contributed by atoms with van der Waals surface area (Å²) in [4.78, 5) is 14.4. The minimum absolute atomic E-state index is 0.189. The number of carbonyl (C=O) groups is 1. The van der Waals surface area contributed by atoms with Gasteiger partial charge in [-0.1, -0.05) is 46.9 Å². The Balaban J connectivity index is 2.04. The van der Waals surface area contributed by atoms with Gasteiger partial charge in [0.25, 0.3) is 0 Å². The van der Waals surface area contributed by atoms with Gasteiger partial charge in [0.05, 0.1) is 33.9 Å². The molecule has 0 aliphatic heterocycles. The fourth-order valence-corrected chi connectivity index (χ4v) is 2.85. The van der Waals surface area contributed by atoms with E-state index in [2.05, 4.69) is 5.32 Å². The smallest absolute Gasteiger partial charge is 0.241 e. The van der Waals surface area contributed by atoms with Crippen LogP contribution >= 0.6 is 34.8 Å². The van der Waals surface area contributed by atoms with Gasteiger partial charge in [0.15, 0.2) is 0 Å². The van der Waals surface area contributed by atoms with Crippen LogP contribution in [0, 0.1) is 0 Å². The predicted molar refractivity (Wildman–Crippen MR) is 104 cm³/mol. The van der Waals surface area contributed by atoms with Crippen molar-refractivity contribution in [3.63, 3.8) is 0 Å². The number of anilines is 1. The maximum Gasteiger partial charge on any atom is 0.241 e. The number of nitrogens with one attached hydrogen (secondary N) is 1. The molecule has 0 aromatic heterocycles. The third kappa shape index (κ3) is 5.25. The van der Waals surface area contributed by atoms with Crippen molar-refractivity contribution in [3.8, 4) is 5.75 Å². The quantitative estimate of drug-likeness (QED) is 0.684. The van der Waals surface area contributed by atoms with E-state index in [-0.39, 0.29) is 11.9 Å². The molecule has 0 heterocycles. The van der Waals surface area contributed by atoms with Crippen molar-refractivity contribution in [1.29, 1.82) is 0 Å². The van der Waals surface area contributed by atoms with Gasteiger partial charge in [0, 0.05) is 6.54 Å². The predicted octanol–water partition coefficient (Wildman–Crippen LogP) is 5.11. The van der Waals surface area contributed by atoms with Crippen molar-refractivity contribution in [2.75, 3.05) is 19.5 Å². The molecular weight excluding hydrogens is 383 g/mol. The first-order chi connectivity index (χ1) is 11.8. The van der Waals surface area contributed by atoms with Crippen molar-refractivity contribution in [1.82, 2.24) is 4.90 Å². The van der Waals surface area contributed by atoms with Crippen molar-refractivity contribution >= 4 is 46.4 Å². The minimum Gasteiger partial charge on any atom is -0.497 e. The van der Waals surface area contributed by atoms with E-state index in [1.54, 1.807) is 13.2 Å². The van der Waals surface area contributed by atoms with E-state index in [9.17, 15) is 4.79 Å². The van der Waals surface area contributed by atoms with Gasteiger partial charge < -0.3 is 10.1 Å². The van der Waals surface area contributed by atoms with E-state index < -0.39 is 0 Å². The van der Waals surface area contributed by atoms with Crippen LogP contribution in [0.3, 0.4) is 0 Å². The van der Waals surface area contributed by atoms with Crippen LogP contribution in [0.15, 0.2) is 36.4 Å². The van der Waals surface area contributed by atoms with E-state index >= 15 is 0 Å². The molecule has 7 heteroatoms. The monoisotopic (exact) mass is 400 g/mol. The molecule has 1 N–H and O–H groups in total. The number of halogens is 3. The highest BCUT2D eigenvalue weighted by molar-refractivity contribution is 6.44. The lowest BCUT2D eigenvalue weighted by atomic mass is 10.1. The first kappa shape index (κ1) is 19.9. The van der Waals surface area contributed by atoms with Crippen LogP contribution in [0.4, 0.5) is 5.69 Å². The summed E-state index contributed by atoms with van der Waals surface area (Å²) in [7, 11) is 3.50. The first-order valence-electron chi connectivity index (χ1n) is 7.60. The Kier molecular flexibility index (Phi) is 6.96. The van der Waals surface area contributed by atoms with Crippen molar-refractivity contribution in [3.05, 3.63) is 57.0 Å². The molecule has 2 aromatic carbocycles. The zero-order valence-corrected chi connectivity index (χ0v) is 16.4. The zero-order chi connectivity index (χ0) is 18.6. The number of hydrogen-bond donors (Lipinski definition) is 1. The van der Waals surface area contributed by atoms with Crippen LogP contribution < -0.4 is 10.1 Å². The van der Waals surface area contributed by atoms with Crippen LogP contribution in [0.2, 0.25) is 15.1 Å². The number of benzene rings is 2. The molecule has 0 saturated carbocycles. The molecule has 4 nitrogen and oxygen atoms in total. The number of rotatable bonds is 6. The SMILES string of the molecule is COc1cccc(CN(C)C(C)C(=O)Nc2cc(Cl)c(Cl)cc2Cl)c1. The Morgan fingerprint density at radius 1 is 1.16 bits per heavy atom. The number of ether oxygens (including phenoxy) is 1. The van der Waals surface area contributed by atoms with E-state index in [4.69, 9.17) is 39.5 Å². The van der Waals surface area contributed by atoms with E-state index in [0.29, 0.717) is 27.3 Å². The third-order valence-electron chi connectivity index (χ3n) is 3.87. The second-order valence-electron chi connectivity index (χ2n) is 5.68.